The maximum absolute atomic E-state index is 12.5. The highest BCUT2D eigenvalue weighted by molar-refractivity contribution is 7.10. The first-order valence-corrected chi connectivity index (χ1v) is 8.22. The summed E-state index contributed by atoms with van der Waals surface area (Å²) in [6, 6.07) is 8.81. The standard InChI is InChI=1S/C17H17NO4S/c1-21-16(19)10-13(15-3-2-8-23-15)18-17(20)12-4-5-14-11(9-12)6-7-22-14/h2-5,8-9,13H,6-7,10H2,1H3,(H,18,20)/t13-/m1/s1. The molecule has 1 aromatic heterocycles. The van der Waals surface area contributed by atoms with E-state index in [0.717, 1.165) is 22.6 Å². The van der Waals surface area contributed by atoms with Crippen LogP contribution in [-0.4, -0.2) is 25.6 Å². The summed E-state index contributed by atoms with van der Waals surface area (Å²) in [5.74, 6) is 0.277. The smallest absolute Gasteiger partial charge is 0.307 e. The van der Waals surface area contributed by atoms with Crippen molar-refractivity contribution in [1.29, 1.82) is 0 Å². The molecule has 0 bridgehead atoms. The number of hydrogen-bond donors (Lipinski definition) is 1. The fourth-order valence-electron chi connectivity index (χ4n) is 2.53. The molecule has 0 fully saturated rings. The van der Waals surface area contributed by atoms with E-state index in [1.165, 1.54) is 18.4 Å². The molecule has 1 N–H and O–H groups in total. The zero-order chi connectivity index (χ0) is 16.2. The van der Waals surface area contributed by atoms with E-state index in [1.54, 1.807) is 6.07 Å². The van der Waals surface area contributed by atoms with Gasteiger partial charge in [-0.05, 0) is 35.2 Å². The van der Waals surface area contributed by atoms with Crippen molar-refractivity contribution in [2.24, 2.45) is 0 Å². The number of thiophene rings is 1. The highest BCUT2D eigenvalue weighted by Gasteiger charge is 2.22. The highest BCUT2D eigenvalue weighted by Crippen LogP contribution is 2.27. The Labute approximate surface area is 138 Å². The number of fused-ring (bicyclic) bond motifs is 1. The molecule has 0 spiro atoms. The lowest BCUT2D eigenvalue weighted by Crippen LogP contribution is -2.30. The number of amides is 1. The molecule has 1 aromatic carbocycles. The maximum atomic E-state index is 12.5. The van der Waals surface area contributed by atoms with Crippen LogP contribution in [0.2, 0.25) is 0 Å². The van der Waals surface area contributed by atoms with Crippen LogP contribution in [0.4, 0.5) is 0 Å². The molecule has 0 unspecified atom stereocenters. The predicted molar refractivity (Wildman–Crippen MR) is 86.8 cm³/mol. The van der Waals surface area contributed by atoms with Crippen LogP contribution in [0.1, 0.15) is 33.3 Å². The van der Waals surface area contributed by atoms with E-state index in [0.29, 0.717) is 12.2 Å². The van der Waals surface area contributed by atoms with Crippen LogP contribution in [0.25, 0.3) is 0 Å². The number of carbonyl (C=O) groups excluding carboxylic acids is 2. The fraction of sp³-hybridized carbons (Fsp3) is 0.294. The first kappa shape index (κ1) is 15.6. The molecule has 1 amide bonds. The SMILES string of the molecule is COC(=O)C[C@@H](NC(=O)c1ccc2c(c1)CCO2)c1cccs1. The van der Waals surface area contributed by atoms with Gasteiger partial charge in [0, 0.05) is 16.9 Å². The van der Waals surface area contributed by atoms with Crippen molar-refractivity contribution in [2.75, 3.05) is 13.7 Å². The van der Waals surface area contributed by atoms with E-state index in [1.807, 2.05) is 29.6 Å². The van der Waals surface area contributed by atoms with Gasteiger partial charge >= 0.3 is 5.97 Å². The van der Waals surface area contributed by atoms with Crippen molar-refractivity contribution in [1.82, 2.24) is 5.32 Å². The average molecular weight is 331 g/mol. The van der Waals surface area contributed by atoms with E-state index >= 15 is 0 Å². The minimum absolute atomic E-state index is 0.108. The molecule has 2 heterocycles. The van der Waals surface area contributed by atoms with Crippen LogP contribution < -0.4 is 10.1 Å². The Balaban J connectivity index is 1.76. The lowest BCUT2D eigenvalue weighted by molar-refractivity contribution is -0.141. The molecule has 1 aliphatic rings. The average Bonchev–Trinajstić information content (AvgIpc) is 3.24. The summed E-state index contributed by atoms with van der Waals surface area (Å²) < 4.78 is 10.2. The summed E-state index contributed by atoms with van der Waals surface area (Å²) in [4.78, 5) is 25.0. The zero-order valence-electron chi connectivity index (χ0n) is 12.7. The molecule has 0 saturated heterocycles. The fourth-order valence-corrected chi connectivity index (χ4v) is 3.31. The van der Waals surface area contributed by atoms with Crippen molar-refractivity contribution >= 4 is 23.2 Å². The Morgan fingerprint density at radius 1 is 1.39 bits per heavy atom. The number of nitrogens with one attached hydrogen (secondary N) is 1. The van der Waals surface area contributed by atoms with Gasteiger partial charge in [0.15, 0.2) is 0 Å². The summed E-state index contributed by atoms with van der Waals surface area (Å²) in [5.41, 5.74) is 1.61. The minimum atomic E-state index is -0.389. The molecule has 6 heteroatoms. The van der Waals surface area contributed by atoms with Crippen LogP contribution in [0.5, 0.6) is 5.75 Å². The Hall–Kier alpha value is -2.34. The van der Waals surface area contributed by atoms with Crippen molar-refractivity contribution in [2.45, 2.75) is 18.9 Å². The van der Waals surface area contributed by atoms with Gasteiger partial charge in [-0.15, -0.1) is 11.3 Å². The van der Waals surface area contributed by atoms with E-state index in [-0.39, 0.29) is 24.3 Å². The normalized spacial score (nSPS) is 13.8. The second-order valence-corrected chi connectivity index (χ2v) is 6.22. The van der Waals surface area contributed by atoms with Crippen LogP contribution >= 0.6 is 11.3 Å². The molecule has 0 saturated carbocycles. The summed E-state index contributed by atoms with van der Waals surface area (Å²) in [6.07, 6.45) is 0.920. The third-order valence-electron chi connectivity index (χ3n) is 3.74. The quantitative estimate of drug-likeness (QED) is 0.856. The first-order chi connectivity index (χ1) is 11.2. The number of hydrogen-bond acceptors (Lipinski definition) is 5. The van der Waals surface area contributed by atoms with Crippen LogP contribution in [-0.2, 0) is 16.0 Å². The molecule has 23 heavy (non-hydrogen) atoms. The molecule has 0 aliphatic carbocycles. The molecule has 1 atom stereocenters. The molecule has 120 valence electrons. The number of carbonyl (C=O) groups is 2. The number of esters is 1. The van der Waals surface area contributed by atoms with Crippen molar-refractivity contribution in [3.05, 3.63) is 51.7 Å². The van der Waals surface area contributed by atoms with Gasteiger partial charge in [0.25, 0.3) is 5.91 Å². The first-order valence-electron chi connectivity index (χ1n) is 7.34. The van der Waals surface area contributed by atoms with Gasteiger partial charge in [-0.25, -0.2) is 0 Å². The second kappa shape index (κ2) is 6.83. The number of benzene rings is 1. The number of ether oxygens (including phenoxy) is 2. The Kier molecular flexibility index (Phi) is 4.62. The van der Waals surface area contributed by atoms with Crippen molar-refractivity contribution in [3.8, 4) is 5.75 Å². The van der Waals surface area contributed by atoms with Gasteiger partial charge < -0.3 is 14.8 Å². The van der Waals surface area contributed by atoms with E-state index < -0.39 is 0 Å². The molecule has 5 nitrogen and oxygen atoms in total. The zero-order valence-corrected chi connectivity index (χ0v) is 13.5. The van der Waals surface area contributed by atoms with Crippen molar-refractivity contribution < 1.29 is 19.1 Å². The molecule has 0 radical (unpaired) electrons. The minimum Gasteiger partial charge on any atom is -0.493 e. The third-order valence-corrected chi connectivity index (χ3v) is 4.73. The Morgan fingerprint density at radius 3 is 3.00 bits per heavy atom. The predicted octanol–water partition coefficient (Wildman–Crippen LogP) is 2.72. The molecule has 3 rings (SSSR count). The van der Waals surface area contributed by atoms with Gasteiger partial charge in [0.05, 0.1) is 26.2 Å². The largest absolute Gasteiger partial charge is 0.493 e. The molecule has 2 aromatic rings. The highest BCUT2D eigenvalue weighted by atomic mass is 32.1. The van der Waals surface area contributed by atoms with Gasteiger partial charge in [-0.3, -0.25) is 9.59 Å². The van der Waals surface area contributed by atoms with Gasteiger partial charge in [-0.2, -0.15) is 0 Å². The van der Waals surface area contributed by atoms with E-state index in [9.17, 15) is 9.59 Å². The van der Waals surface area contributed by atoms with Gasteiger partial charge in [0.1, 0.15) is 5.75 Å². The van der Waals surface area contributed by atoms with Crippen LogP contribution in [0.3, 0.4) is 0 Å². The second-order valence-electron chi connectivity index (χ2n) is 5.24. The summed E-state index contributed by atoms with van der Waals surface area (Å²) in [6.45, 7) is 0.653. The number of methoxy groups -OCH3 is 1. The van der Waals surface area contributed by atoms with Crippen LogP contribution in [0.15, 0.2) is 35.7 Å². The monoisotopic (exact) mass is 331 g/mol. The lowest BCUT2D eigenvalue weighted by Gasteiger charge is -2.16. The lowest BCUT2D eigenvalue weighted by atomic mass is 10.1. The maximum Gasteiger partial charge on any atom is 0.307 e. The molecular weight excluding hydrogens is 314 g/mol. The molecular formula is C17H17NO4S. The summed E-state index contributed by atoms with van der Waals surface area (Å²) in [5, 5.41) is 4.84. The van der Waals surface area contributed by atoms with Gasteiger partial charge in [0.2, 0.25) is 0 Å². The van der Waals surface area contributed by atoms with Crippen LogP contribution in [0, 0.1) is 0 Å². The van der Waals surface area contributed by atoms with E-state index in [4.69, 9.17) is 9.47 Å². The third kappa shape index (κ3) is 3.53. The topological polar surface area (TPSA) is 64.6 Å². The summed E-state index contributed by atoms with van der Waals surface area (Å²) in [7, 11) is 1.34. The summed E-state index contributed by atoms with van der Waals surface area (Å²) >= 11 is 1.50. The number of rotatable bonds is 5. The van der Waals surface area contributed by atoms with Gasteiger partial charge in [-0.1, -0.05) is 6.07 Å². The van der Waals surface area contributed by atoms with E-state index in [2.05, 4.69) is 5.32 Å². The van der Waals surface area contributed by atoms with Crippen molar-refractivity contribution in [3.63, 3.8) is 0 Å². The Morgan fingerprint density at radius 2 is 2.26 bits per heavy atom. The molecule has 1 aliphatic heterocycles. The Bertz CT molecular complexity index is 711.